The third-order valence-electron chi connectivity index (χ3n) is 3.59. The maximum Gasteiger partial charge on any atom is 0.271 e. The van der Waals surface area contributed by atoms with E-state index in [2.05, 4.69) is 29.1 Å². The van der Waals surface area contributed by atoms with E-state index in [1.165, 1.54) is 6.07 Å². The Balaban J connectivity index is 1.96. The molecule has 1 amide bonds. The number of carbonyl (C=O) groups excluding carboxylic acids is 1. The van der Waals surface area contributed by atoms with Gasteiger partial charge >= 0.3 is 0 Å². The summed E-state index contributed by atoms with van der Waals surface area (Å²) in [5.74, 6) is 0.253. The first kappa shape index (κ1) is 20.1. The SMILES string of the molecule is C/C(CCC(C)C)=N\NC(=O)c1ccc(NS(=O)(=O)c2cccs2)cc1. The summed E-state index contributed by atoms with van der Waals surface area (Å²) in [7, 11) is -3.59. The lowest BCUT2D eigenvalue weighted by Gasteiger charge is -2.07. The molecule has 8 heteroatoms. The highest BCUT2D eigenvalue weighted by molar-refractivity contribution is 7.94. The first-order valence-electron chi connectivity index (χ1n) is 8.28. The van der Waals surface area contributed by atoms with Crippen molar-refractivity contribution in [2.75, 3.05) is 4.72 Å². The molecular weight excluding hydrogens is 370 g/mol. The highest BCUT2D eigenvalue weighted by Gasteiger charge is 2.15. The quantitative estimate of drug-likeness (QED) is 0.523. The van der Waals surface area contributed by atoms with Gasteiger partial charge in [0.15, 0.2) is 0 Å². The van der Waals surface area contributed by atoms with Crippen LogP contribution in [0, 0.1) is 5.92 Å². The van der Waals surface area contributed by atoms with Gasteiger partial charge in [-0.3, -0.25) is 9.52 Å². The van der Waals surface area contributed by atoms with E-state index in [1.54, 1.807) is 35.7 Å². The molecule has 26 heavy (non-hydrogen) atoms. The van der Waals surface area contributed by atoms with Crippen LogP contribution in [0.1, 0.15) is 44.0 Å². The number of hydrogen-bond acceptors (Lipinski definition) is 5. The number of carbonyl (C=O) groups is 1. The zero-order valence-corrected chi connectivity index (χ0v) is 16.7. The van der Waals surface area contributed by atoms with Crippen LogP contribution in [0.5, 0.6) is 0 Å². The Bertz CT molecular complexity index is 856. The summed E-state index contributed by atoms with van der Waals surface area (Å²) < 4.78 is 27.1. The molecule has 2 rings (SSSR count). The molecule has 2 aromatic rings. The lowest BCUT2D eigenvalue weighted by atomic mass is 10.1. The Labute approximate surface area is 158 Å². The Hall–Kier alpha value is -2.19. The van der Waals surface area contributed by atoms with E-state index in [-0.39, 0.29) is 10.1 Å². The molecule has 0 fully saturated rings. The highest BCUT2D eigenvalue weighted by atomic mass is 32.2. The number of anilines is 1. The Morgan fingerprint density at radius 3 is 2.46 bits per heavy atom. The number of hydrazone groups is 1. The number of hydrogen-bond donors (Lipinski definition) is 2. The molecule has 2 N–H and O–H groups in total. The number of amides is 1. The second-order valence-corrected chi connectivity index (χ2v) is 9.19. The van der Waals surface area contributed by atoms with Crippen LogP contribution in [0.15, 0.2) is 51.1 Å². The summed E-state index contributed by atoms with van der Waals surface area (Å²) in [6.45, 7) is 6.16. The van der Waals surface area contributed by atoms with Crippen molar-refractivity contribution >= 4 is 38.7 Å². The van der Waals surface area contributed by atoms with Crippen LogP contribution in [0.25, 0.3) is 0 Å². The summed E-state index contributed by atoms with van der Waals surface area (Å²) in [6.07, 6.45) is 1.85. The van der Waals surface area contributed by atoms with Gasteiger partial charge in [0.2, 0.25) is 0 Å². The Kier molecular flexibility index (Phi) is 6.93. The van der Waals surface area contributed by atoms with Gasteiger partial charge in [-0.2, -0.15) is 5.10 Å². The minimum Gasteiger partial charge on any atom is -0.279 e. The van der Waals surface area contributed by atoms with Gasteiger partial charge in [-0.15, -0.1) is 11.3 Å². The topological polar surface area (TPSA) is 87.6 Å². The highest BCUT2D eigenvalue weighted by Crippen LogP contribution is 2.20. The molecular formula is C18H23N3O3S2. The molecule has 0 aliphatic heterocycles. The monoisotopic (exact) mass is 393 g/mol. The van der Waals surface area contributed by atoms with Crippen molar-refractivity contribution in [2.45, 2.75) is 37.8 Å². The zero-order chi connectivity index (χ0) is 19.2. The Morgan fingerprint density at radius 2 is 1.88 bits per heavy atom. The lowest BCUT2D eigenvalue weighted by molar-refractivity contribution is 0.0954. The fourth-order valence-electron chi connectivity index (χ4n) is 2.08. The number of nitrogens with zero attached hydrogens (tertiary/aromatic N) is 1. The molecule has 0 bridgehead atoms. The molecule has 0 saturated carbocycles. The van der Waals surface area contributed by atoms with Crippen LogP contribution in [-0.2, 0) is 10.0 Å². The van der Waals surface area contributed by atoms with Crippen molar-refractivity contribution in [3.63, 3.8) is 0 Å². The van der Waals surface area contributed by atoms with E-state index in [9.17, 15) is 13.2 Å². The van der Waals surface area contributed by atoms with Crippen molar-refractivity contribution in [1.29, 1.82) is 0 Å². The number of thiophene rings is 1. The van der Waals surface area contributed by atoms with Gasteiger partial charge in [-0.1, -0.05) is 19.9 Å². The van der Waals surface area contributed by atoms with E-state index < -0.39 is 10.0 Å². The van der Waals surface area contributed by atoms with E-state index >= 15 is 0 Å². The smallest absolute Gasteiger partial charge is 0.271 e. The van der Waals surface area contributed by atoms with Crippen LogP contribution in [0.3, 0.4) is 0 Å². The number of benzene rings is 1. The molecule has 0 spiro atoms. The van der Waals surface area contributed by atoms with Gasteiger partial charge < -0.3 is 0 Å². The van der Waals surface area contributed by atoms with Crippen LogP contribution in [0.4, 0.5) is 5.69 Å². The van der Waals surface area contributed by atoms with Crippen LogP contribution in [-0.4, -0.2) is 20.0 Å². The minimum atomic E-state index is -3.59. The second-order valence-electron chi connectivity index (χ2n) is 6.34. The first-order chi connectivity index (χ1) is 12.3. The molecule has 0 saturated heterocycles. The minimum absolute atomic E-state index is 0.241. The molecule has 0 unspecified atom stereocenters. The van der Waals surface area contributed by atoms with Crippen LogP contribution < -0.4 is 10.1 Å². The van der Waals surface area contributed by atoms with Crippen LogP contribution >= 0.6 is 11.3 Å². The van der Waals surface area contributed by atoms with Gasteiger partial charge in [0.05, 0.1) is 0 Å². The fourth-order valence-corrected chi connectivity index (χ4v) is 4.13. The van der Waals surface area contributed by atoms with Crippen molar-refractivity contribution in [1.82, 2.24) is 5.43 Å². The molecule has 0 radical (unpaired) electrons. The Morgan fingerprint density at radius 1 is 1.19 bits per heavy atom. The molecule has 0 atom stereocenters. The summed E-state index contributed by atoms with van der Waals surface area (Å²) >= 11 is 1.14. The maximum atomic E-state index is 12.2. The molecule has 1 heterocycles. The fraction of sp³-hybridized carbons (Fsp3) is 0.333. The number of sulfonamides is 1. The molecule has 140 valence electrons. The van der Waals surface area contributed by atoms with Crippen molar-refractivity contribution in [2.24, 2.45) is 11.0 Å². The van der Waals surface area contributed by atoms with Crippen molar-refractivity contribution < 1.29 is 13.2 Å². The third-order valence-corrected chi connectivity index (χ3v) is 6.37. The largest absolute Gasteiger partial charge is 0.279 e. The molecule has 6 nitrogen and oxygen atoms in total. The third kappa shape index (κ3) is 5.96. The van der Waals surface area contributed by atoms with E-state index in [0.29, 0.717) is 17.2 Å². The second kappa shape index (κ2) is 8.95. The van der Waals surface area contributed by atoms with E-state index in [1.807, 2.05) is 6.92 Å². The summed E-state index contributed by atoms with van der Waals surface area (Å²) in [4.78, 5) is 12.1. The summed E-state index contributed by atoms with van der Waals surface area (Å²) in [6, 6.07) is 9.43. The van der Waals surface area contributed by atoms with Gasteiger partial charge in [0.25, 0.3) is 15.9 Å². The molecule has 1 aromatic carbocycles. The van der Waals surface area contributed by atoms with Gasteiger partial charge in [-0.05, 0) is 61.4 Å². The molecule has 0 aliphatic carbocycles. The number of nitrogens with one attached hydrogen (secondary N) is 2. The predicted molar refractivity (Wildman–Crippen MR) is 106 cm³/mol. The first-order valence-corrected chi connectivity index (χ1v) is 10.6. The predicted octanol–water partition coefficient (Wildman–Crippen LogP) is 4.09. The van der Waals surface area contributed by atoms with E-state index in [4.69, 9.17) is 0 Å². The van der Waals surface area contributed by atoms with E-state index in [0.717, 1.165) is 29.9 Å². The normalized spacial score (nSPS) is 12.2. The standard InChI is InChI=1S/C18H23N3O3S2/c1-13(2)6-7-14(3)19-20-18(22)15-8-10-16(11-9-15)21-26(23,24)17-5-4-12-25-17/h4-5,8-13,21H,6-7H2,1-3H3,(H,20,22)/b19-14+. The van der Waals surface area contributed by atoms with Gasteiger partial charge in [0, 0.05) is 17.0 Å². The lowest BCUT2D eigenvalue weighted by Crippen LogP contribution is -2.19. The molecule has 0 aliphatic rings. The maximum absolute atomic E-state index is 12.2. The number of rotatable bonds is 8. The van der Waals surface area contributed by atoms with Crippen LogP contribution in [0.2, 0.25) is 0 Å². The van der Waals surface area contributed by atoms with Crippen molar-refractivity contribution in [3.05, 3.63) is 47.3 Å². The average Bonchev–Trinajstić information content (AvgIpc) is 3.13. The van der Waals surface area contributed by atoms with Gasteiger partial charge in [-0.25, -0.2) is 13.8 Å². The van der Waals surface area contributed by atoms with Gasteiger partial charge in [0.1, 0.15) is 4.21 Å². The van der Waals surface area contributed by atoms with Crippen molar-refractivity contribution in [3.8, 4) is 0 Å². The molecule has 1 aromatic heterocycles. The summed E-state index contributed by atoms with van der Waals surface area (Å²) in [5.41, 5.74) is 4.19. The average molecular weight is 394 g/mol. The zero-order valence-electron chi connectivity index (χ0n) is 15.0. The summed E-state index contributed by atoms with van der Waals surface area (Å²) in [5, 5.41) is 5.80.